The summed E-state index contributed by atoms with van der Waals surface area (Å²) in [6, 6.07) is 2.44. The van der Waals surface area contributed by atoms with Gasteiger partial charge >= 0.3 is 6.09 Å². The first-order valence-corrected chi connectivity index (χ1v) is 9.89. The number of piperidine rings is 1. The lowest BCUT2D eigenvalue weighted by Gasteiger charge is -2.52. The molecule has 1 spiro atoms. The molecule has 24 heavy (non-hydrogen) atoms. The lowest BCUT2D eigenvalue weighted by atomic mass is 9.64. The van der Waals surface area contributed by atoms with Gasteiger partial charge in [0.2, 0.25) is 0 Å². The summed E-state index contributed by atoms with van der Waals surface area (Å²) in [4.78, 5) is 19.0. The van der Waals surface area contributed by atoms with Crippen LogP contribution in [-0.2, 0) is 4.74 Å². The molecule has 0 radical (unpaired) electrons. The number of hydrogen-bond acceptors (Lipinski definition) is 4. The quantitative estimate of drug-likeness (QED) is 0.794. The fourth-order valence-corrected chi connectivity index (χ4v) is 5.50. The Hall–Kier alpha value is -0.810. The van der Waals surface area contributed by atoms with Gasteiger partial charge in [0.15, 0.2) is 0 Å². The predicted molar refractivity (Wildman–Crippen MR) is 94.0 cm³/mol. The van der Waals surface area contributed by atoms with Crippen LogP contribution in [0.3, 0.4) is 0 Å². The van der Waals surface area contributed by atoms with Crippen molar-refractivity contribution in [3.63, 3.8) is 0 Å². The second kappa shape index (κ2) is 6.49. The maximum atomic E-state index is 11.7. The lowest BCUT2D eigenvalue weighted by molar-refractivity contribution is -0.0209. The van der Waals surface area contributed by atoms with Gasteiger partial charge in [0, 0.05) is 31.2 Å². The molecule has 0 aromatic rings. The summed E-state index contributed by atoms with van der Waals surface area (Å²) < 4.78 is 4.88. The number of hydrogen-bond donors (Lipinski definition) is 0. The molecule has 5 nitrogen and oxygen atoms in total. The highest BCUT2D eigenvalue weighted by atomic mass is 16.5. The van der Waals surface area contributed by atoms with Gasteiger partial charge in [-0.25, -0.2) is 4.79 Å². The fraction of sp³-hybridized carbons (Fsp3) is 0.947. The highest BCUT2D eigenvalue weighted by Gasteiger charge is 2.51. The van der Waals surface area contributed by atoms with Crippen molar-refractivity contribution in [2.24, 2.45) is 5.41 Å². The highest BCUT2D eigenvalue weighted by molar-refractivity contribution is 5.67. The molecule has 2 saturated heterocycles. The van der Waals surface area contributed by atoms with E-state index in [1.165, 1.54) is 71.6 Å². The van der Waals surface area contributed by atoms with Crippen LogP contribution in [0.15, 0.2) is 0 Å². The number of methoxy groups -OCH3 is 1. The van der Waals surface area contributed by atoms with Crippen LogP contribution in [0.2, 0.25) is 0 Å². The zero-order chi connectivity index (χ0) is 16.7. The standard InChI is InChI=1S/C19H33N3O2/c1-20(15-4-3-5-15)16-6-9-21(10-7-16)17-12-19(13-17)8-11-22(14-19)18(23)24-2/h15-17H,3-14H2,1-2H3. The van der Waals surface area contributed by atoms with E-state index >= 15 is 0 Å². The van der Waals surface area contributed by atoms with Crippen LogP contribution in [0.4, 0.5) is 4.79 Å². The van der Waals surface area contributed by atoms with Gasteiger partial charge in [-0.1, -0.05) is 6.42 Å². The van der Waals surface area contributed by atoms with E-state index in [4.69, 9.17) is 4.74 Å². The first-order chi connectivity index (χ1) is 11.6. The van der Waals surface area contributed by atoms with Crippen LogP contribution in [-0.4, -0.2) is 79.3 Å². The van der Waals surface area contributed by atoms with Crippen molar-refractivity contribution in [2.45, 2.75) is 69.5 Å². The highest BCUT2D eigenvalue weighted by Crippen LogP contribution is 2.50. The minimum absolute atomic E-state index is 0.143. The molecule has 4 aliphatic rings. The normalized spacial score (nSPS) is 35.3. The molecular weight excluding hydrogens is 302 g/mol. The van der Waals surface area contributed by atoms with E-state index in [0.717, 1.165) is 31.2 Å². The zero-order valence-corrected chi connectivity index (χ0v) is 15.4. The molecule has 2 heterocycles. The van der Waals surface area contributed by atoms with Gasteiger partial charge in [0.05, 0.1) is 7.11 Å². The molecule has 136 valence electrons. The average Bonchev–Trinajstić information content (AvgIpc) is 2.97. The summed E-state index contributed by atoms with van der Waals surface area (Å²) >= 11 is 0. The first-order valence-electron chi connectivity index (χ1n) is 9.89. The lowest BCUT2D eigenvalue weighted by Crippen LogP contribution is -2.56. The van der Waals surface area contributed by atoms with E-state index in [1.54, 1.807) is 0 Å². The summed E-state index contributed by atoms with van der Waals surface area (Å²) in [5, 5.41) is 0. The van der Waals surface area contributed by atoms with E-state index in [-0.39, 0.29) is 6.09 Å². The van der Waals surface area contributed by atoms with Crippen LogP contribution in [0, 0.1) is 5.41 Å². The molecule has 0 bridgehead atoms. The third-order valence-corrected chi connectivity index (χ3v) is 7.45. The molecule has 2 saturated carbocycles. The molecule has 4 fully saturated rings. The molecule has 0 N–H and O–H groups in total. The second-order valence-corrected chi connectivity index (χ2v) is 8.72. The van der Waals surface area contributed by atoms with Crippen LogP contribution in [0.1, 0.15) is 51.4 Å². The van der Waals surface area contributed by atoms with Crippen molar-refractivity contribution in [3.8, 4) is 0 Å². The number of nitrogens with zero attached hydrogens (tertiary/aromatic N) is 3. The van der Waals surface area contributed by atoms with Crippen molar-refractivity contribution in [1.29, 1.82) is 0 Å². The number of likely N-dealkylation sites (tertiary alicyclic amines) is 2. The van der Waals surface area contributed by atoms with E-state index in [1.807, 2.05) is 4.90 Å². The minimum atomic E-state index is -0.143. The largest absolute Gasteiger partial charge is 0.453 e. The molecule has 0 aromatic heterocycles. The molecule has 0 atom stereocenters. The van der Waals surface area contributed by atoms with Crippen molar-refractivity contribution in [3.05, 3.63) is 0 Å². The number of carbonyl (C=O) groups is 1. The number of rotatable bonds is 3. The van der Waals surface area contributed by atoms with Crippen LogP contribution < -0.4 is 0 Å². The molecule has 0 aromatic carbocycles. The summed E-state index contributed by atoms with van der Waals surface area (Å²) in [5.41, 5.74) is 0.401. The number of ether oxygens (including phenoxy) is 1. The Labute approximate surface area is 146 Å². The number of carbonyl (C=O) groups excluding carboxylic acids is 1. The topological polar surface area (TPSA) is 36.0 Å². The Kier molecular flexibility index (Phi) is 4.50. The summed E-state index contributed by atoms with van der Waals surface area (Å²) in [5.74, 6) is 0. The Morgan fingerprint density at radius 1 is 1.08 bits per heavy atom. The molecule has 2 aliphatic heterocycles. The smallest absolute Gasteiger partial charge is 0.409 e. The van der Waals surface area contributed by atoms with Gasteiger partial charge in [-0.2, -0.15) is 0 Å². The van der Waals surface area contributed by atoms with E-state index in [9.17, 15) is 4.79 Å². The van der Waals surface area contributed by atoms with Crippen LogP contribution >= 0.6 is 0 Å². The van der Waals surface area contributed by atoms with Gasteiger partial charge < -0.3 is 19.4 Å². The minimum Gasteiger partial charge on any atom is -0.453 e. The number of amides is 1. The van der Waals surface area contributed by atoms with Gasteiger partial charge in [0.1, 0.15) is 0 Å². The Morgan fingerprint density at radius 3 is 2.33 bits per heavy atom. The molecule has 0 unspecified atom stereocenters. The van der Waals surface area contributed by atoms with Gasteiger partial charge in [-0.15, -0.1) is 0 Å². The monoisotopic (exact) mass is 335 g/mol. The van der Waals surface area contributed by atoms with E-state index in [2.05, 4.69) is 16.8 Å². The Morgan fingerprint density at radius 2 is 1.75 bits per heavy atom. The van der Waals surface area contributed by atoms with E-state index < -0.39 is 0 Å². The summed E-state index contributed by atoms with van der Waals surface area (Å²) in [6.45, 7) is 4.33. The fourth-order valence-electron chi connectivity index (χ4n) is 5.50. The molecular formula is C19H33N3O2. The summed E-state index contributed by atoms with van der Waals surface area (Å²) in [6.07, 6.45) is 10.5. The van der Waals surface area contributed by atoms with Gasteiger partial charge in [-0.05, 0) is 70.5 Å². The Balaban J connectivity index is 1.22. The van der Waals surface area contributed by atoms with Crippen molar-refractivity contribution < 1.29 is 9.53 Å². The van der Waals surface area contributed by atoms with Gasteiger partial charge in [-0.3, -0.25) is 0 Å². The molecule has 2 aliphatic carbocycles. The Bertz CT molecular complexity index is 465. The molecule has 4 rings (SSSR count). The van der Waals surface area contributed by atoms with Crippen molar-refractivity contribution >= 4 is 6.09 Å². The SMILES string of the molecule is COC(=O)N1CCC2(CC(N3CCC(N(C)C4CCC4)CC3)C2)C1. The third-order valence-electron chi connectivity index (χ3n) is 7.45. The first kappa shape index (κ1) is 16.6. The van der Waals surface area contributed by atoms with Crippen LogP contribution in [0.25, 0.3) is 0 Å². The van der Waals surface area contributed by atoms with Crippen molar-refractivity contribution in [1.82, 2.24) is 14.7 Å². The average molecular weight is 335 g/mol. The van der Waals surface area contributed by atoms with E-state index in [0.29, 0.717) is 5.41 Å². The van der Waals surface area contributed by atoms with Crippen molar-refractivity contribution in [2.75, 3.05) is 40.3 Å². The van der Waals surface area contributed by atoms with Gasteiger partial charge in [0.25, 0.3) is 0 Å². The third kappa shape index (κ3) is 2.94. The van der Waals surface area contributed by atoms with Crippen LogP contribution in [0.5, 0.6) is 0 Å². The predicted octanol–water partition coefficient (Wildman–Crippen LogP) is 2.56. The maximum Gasteiger partial charge on any atom is 0.409 e. The molecule has 5 heteroatoms. The maximum absolute atomic E-state index is 11.7. The molecule has 1 amide bonds. The summed E-state index contributed by atoms with van der Waals surface area (Å²) in [7, 11) is 3.84. The zero-order valence-electron chi connectivity index (χ0n) is 15.4. The second-order valence-electron chi connectivity index (χ2n) is 8.72.